The van der Waals surface area contributed by atoms with Gasteiger partial charge >= 0.3 is 0 Å². The molecule has 2 heteroatoms. The van der Waals surface area contributed by atoms with Gasteiger partial charge in [0, 0.05) is 5.56 Å². The molecule has 0 N–H and O–H groups in total. The second-order valence-corrected chi connectivity index (χ2v) is 8.64. The van der Waals surface area contributed by atoms with Crippen LogP contribution in [0.1, 0.15) is 22.3 Å². The summed E-state index contributed by atoms with van der Waals surface area (Å²) in [6, 6.07) is 28.7. The molecular weight excluding hydrogens is 398 g/mol. The van der Waals surface area contributed by atoms with Gasteiger partial charge in [-0.1, -0.05) is 84.4 Å². The minimum Gasteiger partial charge on any atom is -0.203 e. The molecule has 0 aromatic heterocycles. The van der Waals surface area contributed by atoms with Gasteiger partial charge in [0.1, 0.15) is 0 Å². The molecule has 0 heterocycles. The average molecular weight is 423 g/mol. The fraction of sp³-hybridized carbons (Fsp3) is 0.133. The van der Waals surface area contributed by atoms with Crippen LogP contribution in [-0.2, 0) is 12.8 Å². The smallest absolute Gasteiger partial charge is 0.166 e. The van der Waals surface area contributed by atoms with Crippen LogP contribution in [0.3, 0.4) is 0 Å². The second-order valence-electron chi connectivity index (χ2n) is 8.64. The molecule has 0 spiro atoms. The first-order valence-electron chi connectivity index (χ1n) is 10.9. The first-order valence-corrected chi connectivity index (χ1v) is 10.9. The molecule has 0 nitrogen and oxygen atoms in total. The van der Waals surface area contributed by atoms with Gasteiger partial charge in [-0.15, -0.1) is 0 Å². The van der Waals surface area contributed by atoms with Gasteiger partial charge in [0.05, 0.1) is 0 Å². The molecular formula is C30H24F2. The largest absolute Gasteiger partial charge is 0.203 e. The first kappa shape index (κ1) is 20.4. The Bertz CT molecular complexity index is 1460. The molecule has 0 fully saturated rings. The summed E-state index contributed by atoms with van der Waals surface area (Å²) < 4.78 is 28.4. The summed E-state index contributed by atoms with van der Waals surface area (Å²) in [6.07, 6.45) is 1.92. The fourth-order valence-electron chi connectivity index (χ4n) is 4.35. The molecule has 0 unspecified atom stereocenters. The van der Waals surface area contributed by atoms with Crippen molar-refractivity contribution in [1.82, 2.24) is 0 Å². The normalized spacial score (nSPS) is 11.4. The highest BCUT2D eigenvalue weighted by Gasteiger charge is 2.13. The van der Waals surface area contributed by atoms with Crippen LogP contribution < -0.4 is 0 Å². The van der Waals surface area contributed by atoms with Gasteiger partial charge in [-0.3, -0.25) is 0 Å². The molecule has 0 aliphatic heterocycles. The maximum atomic E-state index is 14.4. The van der Waals surface area contributed by atoms with Crippen LogP contribution in [-0.4, -0.2) is 0 Å². The van der Waals surface area contributed by atoms with Gasteiger partial charge in [0.2, 0.25) is 0 Å². The predicted molar refractivity (Wildman–Crippen MR) is 130 cm³/mol. The highest BCUT2D eigenvalue weighted by molar-refractivity contribution is 5.88. The third-order valence-corrected chi connectivity index (χ3v) is 6.25. The minimum absolute atomic E-state index is 0.297. The third-order valence-electron chi connectivity index (χ3n) is 6.25. The van der Waals surface area contributed by atoms with Crippen molar-refractivity contribution in [1.29, 1.82) is 0 Å². The van der Waals surface area contributed by atoms with Gasteiger partial charge in [-0.2, -0.15) is 0 Å². The Morgan fingerprint density at radius 3 is 1.78 bits per heavy atom. The van der Waals surface area contributed by atoms with E-state index in [4.69, 9.17) is 0 Å². The molecule has 0 aliphatic rings. The van der Waals surface area contributed by atoms with Crippen molar-refractivity contribution in [3.8, 4) is 11.1 Å². The predicted octanol–water partition coefficient (Wildman–Crippen LogP) is 8.34. The Balaban J connectivity index is 1.38. The molecule has 0 radical (unpaired) electrons. The van der Waals surface area contributed by atoms with Gasteiger partial charge in [-0.25, -0.2) is 8.78 Å². The van der Waals surface area contributed by atoms with Crippen LogP contribution in [0.5, 0.6) is 0 Å². The van der Waals surface area contributed by atoms with E-state index < -0.39 is 11.6 Å². The number of halogens is 2. The number of benzene rings is 5. The Morgan fingerprint density at radius 1 is 0.531 bits per heavy atom. The van der Waals surface area contributed by atoms with Crippen molar-refractivity contribution >= 4 is 21.5 Å². The summed E-state index contributed by atoms with van der Waals surface area (Å²) in [4.78, 5) is 0. The zero-order chi connectivity index (χ0) is 22.2. The van der Waals surface area contributed by atoms with E-state index in [0.717, 1.165) is 23.6 Å². The Hall–Kier alpha value is -3.52. The van der Waals surface area contributed by atoms with Gasteiger partial charge in [0.25, 0.3) is 0 Å². The summed E-state index contributed by atoms with van der Waals surface area (Å²) >= 11 is 0. The highest BCUT2D eigenvalue weighted by atomic mass is 19.2. The first-order chi connectivity index (χ1) is 15.5. The van der Waals surface area contributed by atoms with Crippen molar-refractivity contribution in [3.05, 3.63) is 119 Å². The lowest BCUT2D eigenvalue weighted by Crippen LogP contribution is -1.94. The summed E-state index contributed by atoms with van der Waals surface area (Å²) in [6.45, 7) is 3.69. The molecule has 0 saturated carbocycles. The molecule has 0 saturated heterocycles. The number of aryl methyl sites for hydroxylation is 4. The molecule has 0 amide bonds. The SMILES string of the molecule is Cc1ccc2cc(CCc3ccc4cc(-c5ccc(C)c(F)c5F)ccc4c3)ccc2c1. The molecule has 32 heavy (non-hydrogen) atoms. The van der Waals surface area contributed by atoms with Gasteiger partial charge < -0.3 is 0 Å². The zero-order valence-corrected chi connectivity index (χ0v) is 18.3. The van der Waals surface area contributed by atoms with E-state index in [-0.39, 0.29) is 0 Å². The molecule has 5 aromatic carbocycles. The number of hydrogen-bond donors (Lipinski definition) is 0. The van der Waals surface area contributed by atoms with Crippen molar-refractivity contribution < 1.29 is 8.78 Å². The van der Waals surface area contributed by atoms with Crippen molar-refractivity contribution in [2.75, 3.05) is 0 Å². The molecule has 0 atom stereocenters. The average Bonchev–Trinajstić information content (AvgIpc) is 2.81. The van der Waals surface area contributed by atoms with Crippen LogP contribution in [0.25, 0.3) is 32.7 Å². The van der Waals surface area contributed by atoms with E-state index in [2.05, 4.69) is 61.5 Å². The van der Waals surface area contributed by atoms with Crippen LogP contribution >= 0.6 is 0 Å². The zero-order valence-electron chi connectivity index (χ0n) is 18.3. The Morgan fingerprint density at radius 2 is 1.09 bits per heavy atom. The lowest BCUT2D eigenvalue weighted by atomic mass is 9.96. The van der Waals surface area contributed by atoms with E-state index in [9.17, 15) is 8.78 Å². The van der Waals surface area contributed by atoms with Crippen molar-refractivity contribution in [3.63, 3.8) is 0 Å². The fourth-order valence-corrected chi connectivity index (χ4v) is 4.35. The lowest BCUT2D eigenvalue weighted by molar-refractivity contribution is 0.505. The van der Waals surface area contributed by atoms with Crippen LogP contribution in [0.4, 0.5) is 8.78 Å². The molecule has 158 valence electrons. The monoisotopic (exact) mass is 422 g/mol. The number of fused-ring (bicyclic) bond motifs is 2. The van der Waals surface area contributed by atoms with Crippen LogP contribution in [0, 0.1) is 25.5 Å². The maximum Gasteiger partial charge on any atom is 0.166 e. The summed E-state index contributed by atoms with van der Waals surface area (Å²) in [5, 5.41) is 4.68. The summed E-state index contributed by atoms with van der Waals surface area (Å²) in [7, 11) is 0. The van der Waals surface area contributed by atoms with E-state index >= 15 is 0 Å². The molecule has 0 bridgehead atoms. The summed E-state index contributed by atoms with van der Waals surface area (Å²) in [5.74, 6) is -1.56. The standard InChI is InChI=1S/C30H24F2/c1-19-3-9-24-16-21(7-10-23(24)15-19)5-6-22-8-11-26-18-27(13-12-25(26)17-22)28-14-4-20(2)29(31)30(28)32/h3-4,7-18H,5-6H2,1-2H3. The van der Waals surface area contributed by atoms with Crippen LogP contribution in [0.2, 0.25) is 0 Å². The second kappa shape index (κ2) is 8.20. The lowest BCUT2D eigenvalue weighted by Gasteiger charge is -2.09. The van der Waals surface area contributed by atoms with Crippen LogP contribution in [0.15, 0.2) is 84.9 Å². The van der Waals surface area contributed by atoms with E-state index in [1.54, 1.807) is 19.1 Å². The van der Waals surface area contributed by atoms with Crippen molar-refractivity contribution in [2.24, 2.45) is 0 Å². The van der Waals surface area contributed by atoms with E-state index in [1.165, 1.54) is 27.5 Å². The minimum atomic E-state index is -0.786. The topological polar surface area (TPSA) is 0 Å². The Kier molecular flexibility index (Phi) is 5.22. The Labute approximate surface area is 187 Å². The van der Waals surface area contributed by atoms with E-state index in [1.807, 2.05) is 18.2 Å². The van der Waals surface area contributed by atoms with Gasteiger partial charge in [0.15, 0.2) is 11.6 Å². The van der Waals surface area contributed by atoms with Gasteiger partial charge in [-0.05, 0) is 76.6 Å². The quantitative estimate of drug-likeness (QED) is 0.273. The number of rotatable bonds is 4. The maximum absolute atomic E-state index is 14.4. The molecule has 0 aliphatic carbocycles. The third kappa shape index (κ3) is 3.89. The molecule has 5 rings (SSSR count). The molecule has 5 aromatic rings. The van der Waals surface area contributed by atoms with E-state index in [0.29, 0.717) is 16.7 Å². The van der Waals surface area contributed by atoms with Crippen molar-refractivity contribution in [2.45, 2.75) is 26.7 Å². The number of hydrogen-bond acceptors (Lipinski definition) is 0. The summed E-state index contributed by atoms with van der Waals surface area (Å²) in [5.41, 5.74) is 5.17. The highest BCUT2D eigenvalue weighted by Crippen LogP contribution is 2.29.